The zero-order chi connectivity index (χ0) is 17.4. The van der Waals surface area contributed by atoms with E-state index in [0.717, 1.165) is 16.7 Å². The van der Waals surface area contributed by atoms with Crippen LogP contribution < -0.4 is 15.4 Å². The molecule has 2 aliphatic heterocycles. The van der Waals surface area contributed by atoms with Crippen molar-refractivity contribution in [2.75, 3.05) is 6.54 Å². The van der Waals surface area contributed by atoms with Crippen LogP contribution >= 0.6 is 22.9 Å². The van der Waals surface area contributed by atoms with Crippen LogP contribution in [0.15, 0.2) is 29.0 Å². The van der Waals surface area contributed by atoms with Crippen LogP contribution in [0.2, 0.25) is 5.02 Å². The van der Waals surface area contributed by atoms with Crippen molar-refractivity contribution in [3.8, 4) is 16.9 Å². The number of carbonyl (C=O) groups excluding carboxylic acids is 2. The molecule has 5 nitrogen and oxygen atoms in total. The van der Waals surface area contributed by atoms with Crippen molar-refractivity contribution in [2.45, 2.75) is 31.4 Å². The van der Waals surface area contributed by atoms with Crippen LogP contribution in [0.3, 0.4) is 0 Å². The van der Waals surface area contributed by atoms with E-state index in [0.29, 0.717) is 36.6 Å². The lowest BCUT2D eigenvalue weighted by Crippen LogP contribution is -2.44. The molecule has 1 aromatic heterocycles. The Morgan fingerprint density at radius 3 is 3.00 bits per heavy atom. The Kier molecular flexibility index (Phi) is 4.39. The van der Waals surface area contributed by atoms with Crippen LogP contribution in [0.1, 0.15) is 18.4 Å². The second-order valence-electron chi connectivity index (χ2n) is 6.31. The van der Waals surface area contributed by atoms with Gasteiger partial charge in [-0.2, -0.15) is 11.3 Å². The number of halogens is 1. The molecule has 4 rings (SSSR count). The van der Waals surface area contributed by atoms with Gasteiger partial charge < -0.3 is 15.4 Å². The molecule has 7 heteroatoms. The van der Waals surface area contributed by atoms with E-state index >= 15 is 0 Å². The van der Waals surface area contributed by atoms with Gasteiger partial charge in [0.25, 0.3) is 0 Å². The second-order valence-corrected chi connectivity index (χ2v) is 7.49. The third kappa shape index (κ3) is 3.37. The summed E-state index contributed by atoms with van der Waals surface area (Å²) in [5.41, 5.74) is 3.28. The molecule has 3 heterocycles. The fourth-order valence-electron chi connectivity index (χ4n) is 3.25. The van der Waals surface area contributed by atoms with Crippen LogP contribution in [-0.4, -0.2) is 30.5 Å². The zero-order valence-corrected chi connectivity index (χ0v) is 15.0. The maximum absolute atomic E-state index is 12.1. The summed E-state index contributed by atoms with van der Waals surface area (Å²) in [4.78, 5) is 23.3. The Balaban J connectivity index is 1.40. The molecule has 1 fully saturated rings. The van der Waals surface area contributed by atoms with E-state index in [1.807, 2.05) is 11.4 Å². The highest BCUT2D eigenvalue weighted by Gasteiger charge is 2.30. The summed E-state index contributed by atoms with van der Waals surface area (Å²) < 4.78 is 5.91. The molecule has 0 bridgehead atoms. The predicted molar refractivity (Wildman–Crippen MR) is 97.1 cm³/mol. The normalized spacial score (nSPS) is 21.6. The standard InChI is InChI=1S/C18H17ClN2O3S/c19-14-7-11(10-3-4-25-9-10)5-12-6-13(24-17(12)14)8-20-18(23)15-1-2-16(22)21-15/h3-5,7,9,13,15H,1-2,6,8H2,(H,20,23)(H,21,22)/t13-,15-/m1/s1. The molecule has 25 heavy (non-hydrogen) atoms. The van der Waals surface area contributed by atoms with Crippen molar-refractivity contribution in [3.05, 3.63) is 39.5 Å². The Morgan fingerprint density at radius 2 is 2.28 bits per heavy atom. The van der Waals surface area contributed by atoms with Gasteiger partial charge in [-0.1, -0.05) is 11.6 Å². The smallest absolute Gasteiger partial charge is 0.242 e. The highest BCUT2D eigenvalue weighted by Crippen LogP contribution is 2.39. The number of benzene rings is 1. The van der Waals surface area contributed by atoms with Crippen molar-refractivity contribution in [3.63, 3.8) is 0 Å². The van der Waals surface area contributed by atoms with Gasteiger partial charge in [0, 0.05) is 18.4 Å². The molecule has 2 amide bonds. The molecule has 0 unspecified atom stereocenters. The fraction of sp³-hybridized carbons (Fsp3) is 0.333. The van der Waals surface area contributed by atoms with Crippen LogP contribution in [-0.2, 0) is 16.0 Å². The number of thiophene rings is 1. The van der Waals surface area contributed by atoms with E-state index in [-0.39, 0.29) is 17.9 Å². The van der Waals surface area contributed by atoms with E-state index in [9.17, 15) is 9.59 Å². The molecule has 1 aromatic carbocycles. The lowest BCUT2D eigenvalue weighted by atomic mass is 10.0. The Labute approximate surface area is 154 Å². The highest BCUT2D eigenvalue weighted by atomic mass is 35.5. The second kappa shape index (κ2) is 6.69. The van der Waals surface area contributed by atoms with Gasteiger partial charge in [0.1, 0.15) is 17.9 Å². The lowest BCUT2D eigenvalue weighted by molar-refractivity contribution is -0.126. The van der Waals surface area contributed by atoms with E-state index in [4.69, 9.17) is 16.3 Å². The summed E-state index contributed by atoms with van der Waals surface area (Å²) in [6.07, 6.45) is 1.51. The monoisotopic (exact) mass is 376 g/mol. The third-order valence-corrected chi connectivity index (χ3v) is 5.49. The summed E-state index contributed by atoms with van der Waals surface area (Å²) in [6.45, 7) is 0.393. The SMILES string of the molecule is O=C1CC[C@H](C(=O)NC[C@H]2Cc3cc(-c4ccsc4)cc(Cl)c3O2)N1. The van der Waals surface area contributed by atoms with Gasteiger partial charge in [-0.15, -0.1) is 0 Å². The molecule has 2 N–H and O–H groups in total. The summed E-state index contributed by atoms with van der Waals surface area (Å²) in [6, 6.07) is 5.65. The van der Waals surface area contributed by atoms with Gasteiger partial charge in [-0.3, -0.25) is 9.59 Å². The first-order valence-corrected chi connectivity index (χ1v) is 9.51. The van der Waals surface area contributed by atoms with Gasteiger partial charge in [0.05, 0.1) is 11.6 Å². The Bertz CT molecular complexity index is 822. The first-order chi connectivity index (χ1) is 12.1. The lowest BCUT2D eigenvalue weighted by Gasteiger charge is -2.15. The number of nitrogens with one attached hydrogen (secondary N) is 2. The van der Waals surface area contributed by atoms with Gasteiger partial charge in [0.2, 0.25) is 11.8 Å². The van der Waals surface area contributed by atoms with Crippen LogP contribution in [0.5, 0.6) is 5.75 Å². The third-order valence-electron chi connectivity index (χ3n) is 4.52. The van der Waals surface area contributed by atoms with Crippen LogP contribution in [0.25, 0.3) is 11.1 Å². The maximum atomic E-state index is 12.1. The molecule has 0 radical (unpaired) electrons. The predicted octanol–water partition coefficient (Wildman–Crippen LogP) is 2.77. The van der Waals surface area contributed by atoms with Crippen molar-refractivity contribution in [1.82, 2.24) is 10.6 Å². The minimum absolute atomic E-state index is 0.0718. The topological polar surface area (TPSA) is 67.4 Å². The summed E-state index contributed by atoms with van der Waals surface area (Å²) in [5.74, 6) is 0.474. The van der Waals surface area contributed by atoms with E-state index < -0.39 is 6.04 Å². The minimum Gasteiger partial charge on any atom is -0.486 e. The number of rotatable bonds is 4. The number of fused-ring (bicyclic) bond motifs is 1. The molecule has 2 aromatic rings. The molecule has 0 saturated carbocycles. The average Bonchev–Trinajstić information content (AvgIpc) is 3.32. The van der Waals surface area contributed by atoms with Crippen LogP contribution in [0, 0.1) is 0 Å². The van der Waals surface area contributed by atoms with Crippen molar-refractivity contribution in [2.24, 2.45) is 0 Å². The minimum atomic E-state index is -0.426. The van der Waals surface area contributed by atoms with Crippen LogP contribution in [0.4, 0.5) is 0 Å². The highest BCUT2D eigenvalue weighted by molar-refractivity contribution is 7.08. The number of amides is 2. The number of carbonyl (C=O) groups is 2. The fourth-order valence-corrected chi connectivity index (χ4v) is 4.19. The Hall–Kier alpha value is -2.05. The molecule has 1 saturated heterocycles. The number of hydrogen-bond donors (Lipinski definition) is 2. The quantitative estimate of drug-likeness (QED) is 0.862. The van der Waals surface area contributed by atoms with Crippen molar-refractivity contribution >= 4 is 34.8 Å². The first-order valence-electron chi connectivity index (χ1n) is 8.19. The van der Waals surface area contributed by atoms with Gasteiger partial charge >= 0.3 is 0 Å². The average molecular weight is 377 g/mol. The summed E-state index contributed by atoms with van der Waals surface area (Å²) in [7, 11) is 0. The van der Waals surface area contributed by atoms with E-state index in [1.165, 1.54) is 0 Å². The molecule has 2 atom stereocenters. The molecular weight excluding hydrogens is 360 g/mol. The van der Waals surface area contributed by atoms with Gasteiger partial charge in [-0.25, -0.2) is 0 Å². The van der Waals surface area contributed by atoms with Gasteiger partial charge in [0.15, 0.2) is 0 Å². The molecule has 130 valence electrons. The van der Waals surface area contributed by atoms with Crippen molar-refractivity contribution < 1.29 is 14.3 Å². The molecular formula is C18H17ClN2O3S. The summed E-state index contributed by atoms with van der Waals surface area (Å²) in [5, 5.41) is 10.2. The van der Waals surface area contributed by atoms with E-state index in [1.54, 1.807) is 11.3 Å². The van der Waals surface area contributed by atoms with E-state index in [2.05, 4.69) is 28.1 Å². The van der Waals surface area contributed by atoms with Gasteiger partial charge in [-0.05, 0) is 46.5 Å². The molecule has 0 aliphatic carbocycles. The largest absolute Gasteiger partial charge is 0.486 e. The molecule has 2 aliphatic rings. The summed E-state index contributed by atoms with van der Waals surface area (Å²) >= 11 is 8.03. The maximum Gasteiger partial charge on any atom is 0.242 e. The zero-order valence-electron chi connectivity index (χ0n) is 13.4. The first kappa shape index (κ1) is 16.4. The Morgan fingerprint density at radius 1 is 1.40 bits per heavy atom. The number of hydrogen-bond acceptors (Lipinski definition) is 4. The van der Waals surface area contributed by atoms with Crippen molar-refractivity contribution in [1.29, 1.82) is 0 Å². The molecule has 0 spiro atoms. The number of ether oxygens (including phenoxy) is 1.